The molecular weight excluding hydrogens is 270 g/mol. The molecule has 2 N–H and O–H groups in total. The monoisotopic (exact) mass is 287 g/mol. The molecule has 1 aromatic heterocycles. The first-order valence-corrected chi connectivity index (χ1v) is 7.06. The molecule has 3 heterocycles. The highest BCUT2D eigenvalue weighted by molar-refractivity contribution is 5.85. The molecule has 0 saturated carbocycles. The van der Waals surface area contributed by atoms with Gasteiger partial charge in [0.15, 0.2) is 0 Å². The van der Waals surface area contributed by atoms with Crippen molar-refractivity contribution < 1.29 is 14.7 Å². The molecule has 2 aliphatic heterocycles. The molecule has 0 bridgehead atoms. The lowest BCUT2D eigenvalue weighted by atomic mass is 9.91. The third kappa shape index (κ3) is 2.74. The fourth-order valence-corrected chi connectivity index (χ4v) is 3.07. The van der Waals surface area contributed by atoms with Gasteiger partial charge >= 0.3 is 5.97 Å². The zero-order valence-electron chi connectivity index (χ0n) is 11.5. The molecular formula is C15H17N3O3. The second kappa shape index (κ2) is 5.55. The number of nitrogens with zero attached hydrogens (tertiary/aromatic N) is 2. The summed E-state index contributed by atoms with van der Waals surface area (Å²) in [4.78, 5) is 28.8. The molecule has 0 aromatic carbocycles. The minimum Gasteiger partial charge on any atom is -0.478 e. The molecule has 1 amide bonds. The second-order valence-electron chi connectivity index (χ2n) is 5.38. The highest BCUT2D eigenvalue weighted by atomic mass is 16.4. The molecule has 21 heavy (non-hydrogen) atoms. The van der Waals surface area contributed by atoms with Crippen LogP contribution >= 0.6 is 0 Å². The smallest absolute Gasteiger partial charge is 0.328 e. The third-order valence-electron chi connectivity index (χ3n) is 4.08. The number of carbonyl (C=O) groups is 2. The summed E-state index contributed by atoms with van der Waals surface area (Å²) >= 11 is 0. The molecule has 2 atom stereocenters. The summed E-state index contributed by atoms with van der Waals surface area (Å²) < 4.78 is 0. The van der Waals surface area contributed by atoms with Crippen molar-refractivity contribution >= 4 is 23.8 Å². The molecule has 6 heteroatoms. The first-order chi connectivity index (χ1) is 10.1. The number of fused-ring (bicyclic) bond motifs is 1. The third-order valence-corrected chi connectivity index (χ3v) is 4.08. The Balaban J connectivity index is 1.77. The van der Waals surface area contributed by atoms with E-state index in [1.807, 2.05) is 12.1 Å². The number of hydrogen-bond acceptors (Lipinski definition) is 4. The predicted molar refractivity (Wildman–Crippen MR) is 77.8 cm³/mol. The van der Waals surface area contributed by atoms with Crippen LogP contribution in [0.1, 0.15) is 18.4 Å². The lowest BCUT2D eigenvalue weighted by molar-refractivity contribution is -0.131. The van der Waals surface area contributed by atoms with Crippen molar-refractivity contribution in [1.82, 2.24) is 10.3 Å². The maximum absolute atomic E-state index is 11.8. The number of hydrogen-bond donors (Lipinski definition) is 2. The minimum absolute atomic E-state index is 0.0622. The number of amides is 1. The van der Waals surface area contributed by atoms with Crippen LogP contribution in [-0.2, 0) is 9.59 Å². The molecule has 3 rings (SSSR count). The Morgan fingerprint density at radius 1 is 1.48 bits per heavy atom. The van der Waals surface area contributed by atoms with Crippen LogP contribution in [-0.4, -0.2) is 41.1 Å². The van der Waals surface area contributed by atoms with Gasteiger partial charge in [-0.05, 0) is 36.6 Å². The summed E-state index contributed by atoms with van der Waals surface area (Å²) in [6, 6.07) is 3.90. The van der Waals surface area contributed by atoms with Crippen LogP contribution < -0.4 is 10.2 Å². The Kier molecular flexibility index (Phi) is 3.60. The lowest BCUT2D eigenvalue weighted by Gasteiger charge is -2.36. The second-order valence-corrected chi connectivity index (χ2v) is 5.38. The standard InChI is InChI=1S/C15H17N3O3/c19-14(20)6-4-10-3-5-13(16-8-10)18-7-1-2-11-12(18)9-17-15(11)21/h3-6,8,11-12H,1-2,7,9H2,(H,17,21)(H,19,20)/b6-4+. The van der Waals surface area contributed by atoms with Gasteiger partial charge in [-0.3, -0.25) is 4.79 Å². The van der Waals surface area contributed by atoms with E-state index in [1.165, 1.54) is 6.08 Å². The Morgan fingerprint density at radius 2 is 2.33 bits per heavy atom. The lowest BCUT2D eigenvalue weighted by Crippen LogP contribution is -2.46. The molecule has 0 radical (unpaired) electrons. The Morgan fingerprint density at radius 3 is 3.05 bits per heavy atom. The molecule has 0 aliphatic carbocycles. The van der Waals surface area contributed by atoms with Gasteiger partial charge in [-0.25, -0.2) is 9.78 Å². The molecule has 2 unspecified atom stereocenters. The van der Waals surface area contributed by atoms with E-state index in [1.54, 1.807) is 6.20 Å². The van der Waals surface area contributed by atoms with Crippen LogP contribution in [0.25, 0.3) is 6.08 Å². The van der Waals surface area contributed by atoms with Gasteiger partial charge in [0.05, 0.1) is 12.0 Å². The van der Waals surface area contributed by atoms with Crippen molar-refractivity contribution in [3.05, 3.63) is 30.0 Å². The zero-order chi connectivity index (χ0) is 14.8. The van der Waals surface area contributed by atoms with Gasteiger partial charge < -0.3 is 15.3 Å². The van der Waals surface area contributed by atoms with Crippen LogP contribution in [0.2, 0.25) is 0 Å². The Bertz CT molecular complexity index is 582. The van der Waals surface area contributed by atoms with E-state index in [0.29, 0.717) is 6.54 Å². The number of piperidine rings is 1. The number of aromatic nitrogens is 1. The van der Waals surface area contributed by atoms with Gasteiger partial charge in [-0.2, -0.15) is 0 Å². The SMILES string of the molecule is O=C(O)/C=C/c1ccc(N2CCCC3C(=O)NCC32)nc1. The normalized spacial score (nSPS) is 25.0. The van der Waals surface area contributed by atoms with Gasteiger partial charge in [0.25, 0.3) is 0 Å². The van der Waals surface area contributed by atoms with Crippen LogP contribution in [0.5, 0.6) is 0 Å². The van der Waals surface area contributed by atoms with E-state index in [2.05, 4.69) is 15.2 Å². The number of anilines is 1. The Hall–Kier alpha value is -2.37. The summed E-state index contributed by atoms with van der Waals surface area (Å²) in [5.74, 6) is 0.0695. The van der Waals surface area contributed by atoms with Crippen LogP contribution in [0.15, 0.2) is 24.4 Å². The molecule has 2 aliphatic rings. The van der Waals surface area contributed by atoms with Gasteiger partial charge in [0.1, 0.15) is 5.82 Å². The largest absolute Gasteiger partial charge is 0.478 e. The van der Waals surface area contributed by atoms with Crippen LogP contribution in [0.3, 0.4) is 0 Å². The van der Waals surface area contributed by atoms with Gasteiger partial charge in [-0.15, -0.1) is 0 Å². The maximum atomic E-state index is 11.8. The summed E-state index contributed by atoms with van der Waals surface area (Å²) in [6.07, 6.45) is 6.18. The van der Waals surface area contributed by atoms with E-state index in [4.69, 9.17) is 5.11 Å². The number of carboxylic acid groups (broad SMARTS) is 1. The van der Waals surface area contributed by atoms with E-state index in [-0.39, 0.29) is 17.9 Å². The van der Waals surface area contributed by atoms with Crippen LogP contribution in [0.4, 0.5) is 5.82 Å². The van der Waals surface area contributed by atoms with E-state index in [0.717, 1.165) is 36.8 Å². The maximum Gasteiger partial charge on any atom is 0.328 e. The molecule has 6 nitrogen and oxygen atoms in total. The Labute approximate surface area is 122 Å². The molecule has 110 valence electrons. The topological polar surface area (TPSA) is 82.5 Å². The molecule has 1 aromatic rings. The zero-order valence-corrected chi connectivity index (χ0v) is 11.5. The fourth-order valence-electron chi connectivity index (χ4n) is 3.07. The summed E-state index contributed by atoms with van der Waals surface area (Å²) in [7, 11) is 0. The molecule has 2 saturated heterocycles. The molecule has 0 spiro atoms. The number of nitrogens with one attached hydrogen (secondary N) is 1. The first-order valence-electron chi connectivity index (χ1n) is 7.06. The summed E-state index contributed by atoms with van der Waals surface area (Å²) in [5.41, 5.74) is 0.746. The van der Waals surface area contributed by atoms with Crippen molar-refractivity contribution in [2.24, 2.45) is 5.92 Å². The van der Waals surface area contributed by atoms with Gasteiger partial charge in [0.2, 0.25) is 5.91 Å². The number of rotatable bonds is 3. The predicted octanol–water partition coefficient (Wildman–Crippen LogP) is 0.894. The highest BCUT2D eigenvalue weighted by Gasteiger charge is 2.41. The van der Waals surface area contributed by atoms with Crippen molar-refractivity contribution in [3.8, 4) is 0 Å². The van der Waals surface area contributed by atoms with Crippen molar-refractivity contribution in [3.63, 3.8) is 0 Å². The average Bonchev–Trinajstić information content (AvgIpc) is 2.87. The van der Waals surface area contributed by atoms with E-state index < -0.39 is 5.97 Å². The van der Waals surface area contributed by atoms with Gasteiger partial charge in [-0.1, -0.05) is 0 Å². The highest BCUT2D eigenvalue weighted by Crippen LogP contribution is 2.30. The number of carboxylic acids is 1. The average molecular weight is 287 g/mol. The van der Waals surface area contributed by atoms with Crippen molar-refractivity contribution in [2.45, 2.75) is 18.9 Å². The first kappa shape index (κ1) is 13.6. The fraction of sp³-hybridized carbons (Fsp3) is 0.400. The number of pyridine rings is 1. The van der Waals surface area contributed by atoms with E-state index >= 15 is 0 Å². The summed E-state index contributed by atoms with van der Waals surface area (Å²) in [6.45, 7) is 1.57. The van der Waals surface area contributed by atoms with E-state index in [9.17, 15) is 9.59 Å². The quantitative estimate of drug-likeness (QED) is 0.807. The summed E-state index contributed by atoms with van der Waals surface area (Å²) in [5, 5.41) is 11.5. The number of aliphatic carboxylic acids is 1. The van der Waals surface area contributed by atoms with Crippen molar-refractivity contribution in [1.29, 1.82) is 0 Å². The number of carbonyl (C=O) groups excluding carboxylic acids is 1. The minimum atomic E-state index is -0.978. The van der Waals surface area contributed by atoms with Crippen LogP contribution in [0, 0.1) is 5.92 Å². The molecule has 2 fully saturated rings. The van der Waals surface area contributed by atoms with Gasteiger partial charge in [0, 0.05) is 25.4 Å². The van der Waals surface area contributed by atoms with Crippen molar-refractivity contribution in [2.75, 3.05) is 18.0 Å².